The Kier molecular flexibility index (Phi) is 15.2. The predicted octanol–water partition coefficient (Wildman–Crippen LogP) is 0.495. The summed E-state index contributed by atoms with van der Waals surface area (Å²) in [6, 6.07) is 8.45. The number of rotatable bonds is 12. The van der Waals surface area contributed by atoms with Crippen molar-refractivity contribution >= 4 is 23.6 Å². The zero-order valence-corrected chi connectivity index (χ0v) is 20.1. The second kappa shape index (κ2) is 16.7. The summed E-state index contributed by atoms with van der Waals surface area (Å²) in [7, 11) is 0. The zero-order chi connectivity index (χ0) is 24.5. The topological polar surface area (TPSA) is 128 Å². The van der Waals surface area contributed by atoms with E-state index in [2.05, 4.69) is 26.6 Å². The molecule has 0 heterocycles. The van der Waals surface area contributed by atoms with Crippen molar-refractivity contribution in [3.63, 3.8) is 0 Å². The molecule has 0 fully saturated rings. The molecule has 5 N–H and O–H groups in total. The Bertz CT molecular complexity index is 708. The van der Waals surface area contributed by atoms with Gasteiger partial charge in [0.05, 0.1) is 19.6 Å². The molecule has 32 heavy (non-hydrogen) atoms. The highest BCUT2D eigenvalue weighted by Gasteiger charge is 2.22. The van der Waals surface area contributed by atoms with E-state index in [-0.39, 0.29) is 50.0 Å². The van der Waals surface area contributed by atoms with Crippen molar-refractivity contribution in [3.05, 3.63) is 35.9 Å². The van der Waals surface area contributed by atoms with Gasteiger partial charge >= 0.3 is 0 Å². The molecule has 9 nitrogen and oxygen atoms in total. The van der Waals surface area contributed by atoms with E-state index in [1.807, 2.05) is 71.9 Å². The highest BCUT2D eigenvalue weighted by atomic mass is 16.2. The SMILES string of the molecule is CC.CC(C)NCC(=O)NCC(=O)NC(Cc1ccccc1)C(=O)NCC(=O)NC(C)C. The third kappa shape index (κ3) is 14.1. The monoisotopic (exact) mass is 449 g/mol. The van der Waals surface area contributed by atoms with Crippen molar-refractivity contribution in [2.75, 3.05) is 19.6 Å². The van der Waals surface area contributed by atoms with Gasteiger partial charge in [-0.15, -0.1) is 0 Å². The summed E-state index contributed by atoms with van der Waals surface area (Å²) in [6.07, 6.45) is 0.257. The fraction of sp³-hybridized carbons (Fsp3) is 0.565. The molecule has 0 aliphatic carbocycles. The Hall–Kier alpha value is -2.94. The first-order valence-corrected chi connectivity index (χ1v) is 11.1. The third-order valence-corrected chi connectivity index (χ3v) is 3.92. The van der Waals surface area contributed by atoms with Crippen molar-refractivity contribution < 1.29 is 19.2 Å². The van der Waals surface area contributed by atoms with Crippen LogP contribution in [0.1, 0.15) is 47.1 Å². The van der Waals surface area contributed by atoms with Gasteiger partial charge in [0.15, 0.2) is 0 Å². The first-order chi connectivity index (χ1) is 15.2. The van der Waals surface area contributed by atoms with Crippen LogP contribution in [0.4, 0.5) is 0 Å². The van der Waals surface area contributed by atoms with Crippen LogP contribution in [0.2, 0.25) is 0 Å². The Balaban J connectivity index is 0.00000466. The lowest BCUT2D eigenvalue weighted by Gasteiger charge is -2.19. The molecule has 9 heteroatoms. The number of amides is 4. The fourth-order valence-electron chi connectivity index (χ4n) is 2.51. The summed E-state index contributed by atoms with van der Waals surface area (Å²) < 4.78 is 0. The quantitative estimate of drug-likeness (QED) is 0.317. The first kappa shape index (κ1) is 29.1. The van der Waals surface area contributed by atoms with Crippen LogP contribution in [-0.4, -0.2) is 61.4 Å². The van der Waals surface area contributed by atoms with Gasteiger partial charge in [-0.2, -0.15) is 0 Å². The van der Waals surface area contributed by atoms with Crippen LogP contribution in [-0.2, 0) is 25.6 Å². The molecular formula is C23H39N5O4. The normalized spacial score (nSPS) is 11.1. The van der Waals surface area contributed by atoms with Gasteiger partial charge in [0.25, 0.3) is 0 Å². The van der Waals surface area contributed by atoms with E-state index < -0.39 is 17.9 Å². The second-order valence-corrected chi connectivity index (χ2v) is 7.56. The van der Waals surface area contributed by atoms with E-state index in [0.29, 0.717) is 0 Å². The number of nitrogens with one attached hydrogen (secondary N) is 5. The lowest BCUT2D eigenvalue weighted by molar-refractivity contribution is -0.130. The molecule has 4 amide bonds. The van der Waals surface area contributed by atoms with E-state index in [0.717, 1.165) is 5.56 Å². The standard InChI is InChI=1S/C21H33N5O4.C2H6/c1-14(2)22-11-18(27)23-12-20(29)26-17(10-16-8-6-5-7-9-16)21(30)24-13-19(28)25-15(3)4;1-2/h5-9,14-15,17,22H,10-13H2,1-4H3,(H,23,27)(H,24,30)(H,25,28)(H,26,29);1-2H3. The molecule has 0 radical (unpaired) electrons. The van der Waals surface area contributed by atoms with Gasteiger partial charge in [0.1, 0.15) is 6.04 Å². The van der Waals surface area contributed by atoms with E-state index in [9.17, 15) is 19.2 Å². The van der Waals surface area contributed by atoms with Crippen molar-refractivity contribution in [2.45, 2.75) is 66.1 Å². The van der Waals surface area contributed by atoms with Crippen molar-refractivity contribution in [1.82, 2.24) is 26.6 Å². The minimum atomic E-state index is -0.877. The van der Waals surface area contributed by atoms with E-state index >= 15 is 0 Å². The Morgan fingerprint density at radius 1 is 0.719 bits per heavy atom. The summed E-state index contributed by atoms with van der Waals surface area (Å²) in [5, 5.41) is 13.3. The molecule has 1 aromatic carbocycles. The van der Waals surface area contributed by atoms with Crippen LogP contribution in [0.15, 0.2) is 30.3 Å². The summed E-state index contributed by atoms with van der Waals surface area (Å²) in [6.45, 7) is 11.1. The minimum Gasteiger partial charge on any atom is -0.352 e. The van der Waals surface area contributed by atoms with Crippen LogP contribution in [0, 0.1) is 0 Å². The van der Waals surface area contributed by atoms with Gasteiger partial charge in [0, 0.05) is 18.5 Å². The molecule has 1 rings (SSSR count). The molecule has 1 aromatic rings. The number of benzene rings is 1. The van der Waals surface area contributed by atoms with E-state index in [1.165, 1.54) is 0 Å². The summed E-state index contributed by atoms with van der Waals surface area (Å²) >= 11 is 0. The molecule has 0 aromatic heterocycles. The van der Waals surface area contributed by atoms with Gasteiger partial charge in [-0.3, -0.25) is 19.2 Å². The summed E-state index contributed by atoms with van der Waals surface area (Å²) in [5.74, 6) is -1.59. The maximum absolute atomic E-state index is 12.6. The summed E-state index contributed by atoms with van der Waals surface area (Å²) in [4.78, 5) is 48.4. The van der Waals surface area contributed by atoms with Gasteiger partial charge in [-0.1, -0.05) is 58.0 Å². The Morgan fingerprint density at radius 3 is 1.84 bits per heavy atom. The second-order valence-electron chi connectivity index (χ2n) is 7.56. The summed E-state index contributed by atoms with van der Waals surface area (Å²) in [5.41, 5.74) is 0.856. The maximum atomic E-state index is 12.6. The van der Waals surface area contributed by atoms with Crippen LogP contribution in [0.3, 0.4) is 0 Å². The third-order valence-electron chi connectivity index (χ3n) is 3.92. The van der Waals surface area contributed by atoms with Crippen molar-refractivity contribution in [2.24, 2.45) is 0 Å². The lowest BCUT2D eigenvalue weighted by Crippen LogP contribution is -2.52. The number of carbonyl (C=O) groups excluding carboxylic acids is 4. The number of carbonyl (C=O) groups is 4. The fourth-order valence-corrected chi connectivity index (χ4v) is 2.51. The van der Waals surface area contributed by atoms with Crippen molar-refractivity contribution in [3.8, 4) is 0 Å². The van der Waals surface area contributed by atoms with E-state index in [4.69, 9.17) is 0 Å². The van der Waals surface area contributed by atoms with Gasteiger partial charge in [0.2, 0.25) is 23.6 Å². The van der Waals surface area contributed by atoms with Crippen LogP contribution >= 0.6 is 0 Å². The Labute approximate surface area is 191 Å². The van der Waals surface area contributed by atoms with Crippen LogP contribution in [0.25, 0.3) is 0 Å². The average Bonchev–Trinajstić information content (AvgIpc) is 2.75. The van der Waals surface area contributed by atoms with Crippen molar-refractivity contribution in [1.29, 1.82) is 0 Å². The largest absolute Gasteiger partial charge is 0.352 e. The lowest BCUT2D eigenvalue weighted by atomic mass is 10.1. The molecule has 1 unspecified atom stereocenters. The molecule has 0 spiro atoms. The highest BCUT2D eigenvalue weighted by Crippen LogP contribution is 2.03. The minimum absolute atomic E-state index is 0.0389. The average molecular weight is 450 g/mol. The number of hydrogen-bond acceptors (Lipinski definition) is 5. The molecule has 0 bridgehead atoms. The van der Waals surface area contributed by atoms with Crippen LogP contribution in [0.5, 0.6) is 0 Å². The van der Waals surface area contributed by atoms with Gasteiger partial charge < -0.3 is 26.6 Å². The van der Waals surface area contributed by atoms with Gasteiger partial charge in [-0.25, -0.2) is 0 Å². The highest BCUT2D eigenvalue weighted by molar-refractivity contribution is 5.92. The molecule has 0 aliphatic rings. The molecule has 180 valence electrons. The van der Waals surface area contributed by atoms with E-state index in [1.54, 1.807) is 0 Å². The molecule has 0 saturated heterocycles. The predicted molar refractivity (Wildman–Crippen MR) is 126 cm³/mol. The first-order valence-electron chi connectivity index (χ1n) is 11.1. The smallest absolute Gasteiger partial charge is 0.243 e. The zero-order valence-electron chi connectivity index (χ0n) is 20.1. The van der Waals surface area contributed by atoms with Gasteiger partial charge in [-0.05, 0) is 19.4 Å². The van der Waals surface area contributed by atoms with Crippen LogP contribution < -0.4 is 26.6 Å². The number of hydrogen-bond donors (Lipinski definition) is 5. The molecule has 0 saturated carbocycles. The maximum Gasteiger partial charge on any atom is 0.243 e. The Morgan fingerprint density at radius 2 is 1.28 bits per heavy atom. The molecule has 1 atom stereocenters. The molecular weight excluding hydrogens is 410 g/mol. The molecule has 0 aliphatic heterocycles.